The van der Waals surface area contributed by atoms with Crippen molar-refractivity contribution in [3.05, 3.63) is 89.2 Å². The zero-order chi connectivity index (χ0) is 26.7. The zero-order valence-corrected chi connectivity index (χ0v) is 22.0. The number of ketones is 1. The summed E-state index contributed by atoms with van der Waals surface area (Å²) in [5.41, 5.74) is 2.70. The van der Waals surface area contributed by atoms with Gasteiger partial charge in [0.05, 0.1) is 16.1 Å². The molecule has 1 fully saturated rings. The molecule has 0 radical (unpaired) electrons. The lowest BCUT2D eigenvalue weighted by Gasteiger charge is -2.37. The van der Waals surface area contributed by atoms with Gasteiger partial charge in [0.2, 0.25) is 0 Å². The SMILES string of the molecule is CC(=O)c1ccc(N2CCN(C(=O)c3cc(S(C)(=O)=O)ccc3N(C)Cc3ccccc3)CC2)c(F)c1. The van der Waals surface area contributed by atoms with Crippen molar-refractivity contribution in [2.75, 3.05) is 49.3 Å². The van der Waals surface area contributed by atoms with Crippen LogP contribution in [0.25, 0.3) is 0 Å². The van der Waals surface area contributed by atoms with Crippen LogP contribution in [-0.2, 0) is 16.4 Å². The molecule has 9 heteroatoms. The summed E-state index contributed by atoms with van der Waals surface area (Å²) >= 11 is 0. The average molecular weight is 524 g/mol. The number of hydrogen-bond donors (Lipinski definition) is 0. The molecular formula is C28H30FN3O4S. The predicted octanol–water partition coefficient (Wildman–Crippen LogP) is 4.03. The fourth-order valence-electron chi connectivity index (χ4n) is 4.50. The first kappa shape index (κ1) is 26.3. The van der Waals surface area contributed by atoms with E-state index in [1.165, 1.54) is 25.1 Å². The molecule has 0 bridgehead atoms. The smallest absolute Gasteiger partial charge is 0.256 e. The maximum atomic E-state index is 14.7. The van der Waals surface area contributed by atoms with Gasteiger partial charge in [0.15, 0.2) is 15.6 Å². The lowest BCUT2D eigenvalue weighted by atomic mass is 10.1. The summed E-state index contributed by atoms with van der Waals surface area (Å²) in [5.74, 6) is -0.948. The molecular weight excluding hydrogens is 493 g/mol. The van der Waals surface area contributed by atoms with E-state index in [1.54, 1.807) is 23.1 Å². The molecule has 1 aliphatic heterocycles. The molecule has 1 aliphatic rings. The van der Waals surface area contributed by atoms with E-state index in [4.69, 9.17) is 0 Å². The Morgan fingerprint density at radius 3 is 2.22 bits per heavy atom. The number of nitrogens with zero attached hydrogens (tertiary/aromatic N) is 3. The molecule has 0 N–H and O–H groups in total. The van der Waals surface area contributed by atoms with Crippen LogP contribution in [0.15, 0.2) is 71.6 Å². The van der Waals surface area contributed by atoms with Crippen molar-refractivity contribution in [2.45, 2.75) is 18.4 Å². The largest absolute Gasteiger partial charge is 0.370 e. The monoisotopic (exact) mass is 523 g/mol. The third-order valence-electron chi connectivity index (χ3n) is 6.56. The van der Waals surface area contributed by atoms with E-state index in [0.29, 0.717) is 55.2 Å². The predicted molar refractivity (Wildman–Crippen MR) is 143 cm³/mol. The molecule has 3 aromatic rings. The molecule has 4 rings (SSSR count). The van der Waals surface area contributed by atoms with Crippen LogP contribution in [0.5, 0.6) is 0 Å². The number of sulfone groups is 1. The lowest BCUT2D eigenvalue weighted by molar-refractivity contribution is 0.0746. The normalized spacial score (nSPS) is 13.9. The first-order chi connectivity index (χ1) is 17.5. The van der Waals surface area contributed by atoms with Crippen molar-refractivity contribution in [1.82, 2.24) is 4.90 Å². The standard InChI is InChI=1S/C28H30FN3O4S/c1-20(33)22-9-11-27(25(29)17-22)31-13-15-32(16-14-31)28(34)24-18-23(37(3,35)36)10-12-26(24)30(2)19-21-7-5-4-6-8-21/h4-12,17-18H,13-16,19H2,1-3H3. The summed E-state index contributed by atoms with van der Waals surface area (Å²) in [6.07, 6.45) is 1.12. The molecule has 0 atom stereocenters. The highest BCUT2D eigenvalue weighted by atomic mass is 32.2. The van der Waals surface area contributed by atoms with Gasteiger partial charge in [0, 0.05) is 57.3 Å². The minimum atomic E-state index is -3.51. The van der Waals surface area contributed by atoms with Gasteiger partial charge in [-0.25, -0.2) is 12.8 Å². The van der Waals surface area contributed by atoms with Crippen LogP contribution < -0.4 is 9.80 Å². The van der Waals surface area contributed by atoms with Crippen LogP contribution in [0.2, 0.25) is 0 Å². The van der Waals surface area contributed by atoms with Gasteiger partial charge in [-0.3, -0.25) is 9.59 Å². The van der Waals surface area contributed by atoms with E-state index in [2.05, 4.69) is 0 Å². The number of rotatable bonds is 7. The fourth-order valence-corrected chi connectivity index (χ4v) is 5.14. The van der Waals surface area contributed by atoms with Crippen molar-refractivity contribution in [2.24, 2.45) is 0 Å². The van der Waals surface area contributed by atoms with Crippen LogP contribution in [0.3, 0.4) is 0 Å². The molecule has 1 saturated heterocycles. The van der Waals surface area contributed by atoms with Gasteiger partial charge in [-0.2, -0.15) is 0 Å². The summed E-state index contributed by atoms with van der Waals surface area (Å²) in [7, 11) is -1.65. The molecule has 1 amide bonds. The summed E-state index contributed by atoms with van der Waals surface area (Å²) in [5, 5.41) is 0. The van der Waals surface area contributed by atoms with Gasteiger partial charge in [-0.05, 0) is 48.9 Å². The van der Waals surface area contributed by atoms with Gasteiger partial charge in [-0.1, -0.05) is 30.3 Å². The van der Waals surface area contributed by atoms with Crippen molar-refractivity contribution < 1.29 is 22.4 Å². The Kier molecular flexibility index (Phi) is 7.63. The number of benzene rings is 3. The van der Waals surface area contributed by atoms with Gasteiger partial charge in [-0.15, -0.1) is 0 Å². The third kappa shape index (κ3) is 5.99. The minimum absolute atomic E-state index is 0.0824. The molecule has 194 valence electrons. The molecule has 7 nitrogen and oxygen atoms in total. The van der Waals surface area contributed by atoms with Gasteiger partial charge < -0.3 is 14.7 Å². The van der Waals surface area contributed by atoms with E-state index in [-0.39, 0.29) is 16.6 Å². The van der Waals surface area contributed by atoms with Gasteiger partial charge in [0.25, 0.3) is 5.91 Å². The molecule has 0 aliphatic carbocycles. The Bertz CT molecular complexity index is 1420. The fraction of sp³-hybridized carbons (Fsp3) is 0.286. The Balaban J connectivity index is 1.56. The van der Waals surface area contributed by atoms with Crippen LogP contribution >= 0.6 is 0 Å². The zero-order valence-electron chi connectivity index (χ0n) is 21.1. The Hall–Kier alpha value is -3.72. The number of carbonyl (C=O) groups is 2. The summed E-state index contributed by atoms with van der Waals surface area (Å²) in [4.78, 5) is 30.7. The number of carbonyl (C=O) groups excluding carboxylic acids is 2. The summed E-state index contributed by atoms with van der Waals surface area (Å²) in [6.45, 7) is 3.44. The van der Waals surface area contributed by atoms with Crippen LogP contribution in [0.4, 0.5) is 15.8 Å². The highest BCUT2D eigenvalue weighted by Gasteiger charge is 2.27. The van der Waals surface area contributed by atoms with E-state index in [0.717, 1.165) is 11.8 Å². The maximum Gasteiger partial charge on any atom is 0.256 e. The summed E-state index contributed by atoms with van der Waals surface area (Å²) < 4.78 is 39.2. The number of anilines is 2. The Morgan fingerprint density at radius 2 is 1.62 bits per heavy atom. The molecule has 0 unspecified atom stereocenters. The molecule has 0 aromatic heterocycles. The number of amides is 1. The van der Waals surface area contributed by atoms with Crippen molar-refractivity contribution in [3.63, 3.8) is 0 Å². The van der Waals surface area contributed by atoms with Gasteiger partial charge in [0.1, 0.15) is 5.82 Å². The molecule has 37 heavy (non-hydrogen) atoms. The first-order valence-corrected chi connectivity index (χ1v) is 13.9. The highest BCUT2D eigenvalue weighted by Crippen LogP contribution is 2.28. The first-order valence-electron chi connectivity index (χ1n) is 12.0. The molecule has 3 aromatic carbocycles. The third-order valence-corrected chi connectivity index (χ3v) is 7.67. The average Bonchev–Trinajstić information content (AvgIpc) is 2.88. The lowest BCUT2D eigenvalue weighted by Crippen LogP contribution is -2.49. The second-order valence-corrected chi connectivity index (χ2v) is 11.3. The molecule has 0 spiro atoms. The van der Waals surface area contributed by atoms with Crippen LogP contribution in [0.1, 0.15) is 33.2 Å². The number of Topliss-reactive ketones (excluding diaryl/α,β-unsaturated/α-hetero) is 1. The number of halogens is 1. The van der Waals surface area contributed by atoms with Crippen molar-refractivity contribution in [1.29, 1.82) is 0 Å². The Morgan fingerprint density at radius 1 is 0.946 bits per heavy atom. The molecule has 0 saturated carbocycles. The van der Waals surface area contributed by atoms with E-state index < -0.39 is 15.7 Å². The Labute approximate surface area is 217 Å². The second kappa shape index (κ2) is 10.7. The van der Waals surface area contributed by atoms with Crippen molar-refractivity contribution in [3.8, 4) is 0 Å². The van der Waals surface area contributed by atoms with Crippen LogP contribution in [-0.4, -0.2) is 64.5 Å². The maximum absolute atomic E-state index is 14.7. The number of piperazine rings is 1. The quantitative estimate of drug-likeness (QED) is 0.435. The van der Waals surface area contributed by atoms with Crippen molar-refractivity contribution >= 4 is 32.9 Å². The van der Waals surface area contributed by atoms with Crippen LogP contribution in [0, 0.1) is 5.82 Å². The number of hydrogen-bond acceptors (Lipinski definition) is 6. The van der Waals surface area contributed by atoms with E-state index in [9.17, 15) is 22.4 Å². The van der Waals surface area contributed by atoms with Gasteiger partial charge >= 0.3 is 0 Å². The topological polar surface area (TPSA) is 78.0 Å². The highest BCUT2D eigenvalue weighted by molar-refractivity contribution is 7.90. The van der Waals surface area contributed by atoms with E-state index in [1.807, 2.05) is 47.2 Å². The second-order valence-electron chi connectivity index (χ2n) is 9.29. The molecule has 1 heterocycles. The van der Waals surface area contributed by atoms with E-state index >= 15 is 0 Å². The minimum Gasteiger partial charge on any atom is -0.370 e. The summed E-state index contributed by atoms with van der Waals surface area (Å²) in [6, 6.07) is 18.9.